The Bertz CT molecular complexity index is 1320. The second-order valence-electron chi connectivity index (χ2n) is 7.62. The number of rotatable bonds is 6. The number of aromatic amines is 1. The van der Waals surface area contributed by atoms with Crippen LogP contribution in [-0.4, -0.2) is 55.2 Å². The van der Waals surface area contributed by atoms with E-state index in [9.17, 15) is 26.7 Å². The van der Waals surface area contributed by atoms with Crippen LogP contribution in [0.15, 0.2) is 36.9 Å². The molecule has 0 aliphatic heterocycles. The summed E-state index contributed by atoms with van der Waals surface area (Å²) < 4.78 is 65.9. The van der Waals surface area contributed by atoms with E-state index in [0.717, 1.165) is 13.8 Å². The molecule has 3 N–H and O–H groups in total. The van der Waals surface area contributed by atoms with Gasteiger partial charge in [-0.1, -0.05) is 0 Å². The molecule has 0 spiro atoms. The van der Waals surface area contributed by atoms with E-state index in [-0.39, 0.29) is 11.5 Å². The SMILES string of the molecule is CC(NC(=O)c1cnn2ccc(-c3c[nH]c4nc(NCC(C)(F)F)ncc34)cc12)C(F)(F)F. The van der Waals surface area contributed by atoms with Crippen LogP contribution >= 0.6 is 0 Å². The lowest BCUT2D eigenvalue weighted by molar-refractivity contribution is -0.149. The van der Waals surface area contributed by atoms with Gasteiger partial charge in [0.1, 0.15) is 11.7 Å². The zero-order valence-corrected chi connectivity index (χ0v) is 17.3. The Balaban J connectivity index is 1.65. The van der Waals surface area contributed by atoms with Gasteiger partial charge >= 0.3 is 6.18 Å². The number of fused-ring (bicyclic) bond motifs is 2. The molecule has 4 rings (SSSR count). The highest BCUT2D eigenvalue weighted by Crippen LogP contribution is 2.29. The quantitative estimate of drug-likeness (QED) is 0.372. The molecule has 0 saturated heterocycles. The number of halogens is 5. The van der Waals surface area contributed by atoms with Gasteiger partial charge in [-0.2, -0.15) is 23.3 Å². The number of nitrogens with one attached hydrogen (secondary N) is 3. The van der Waals surface area contributed by atoms with Crippen LogP contribution in [0.5, 0.6) is 0 Å². The number of carbonyl (C=O) groups excluding carboxylic acids is 1. The molecule has 174 valence electrons. The number of pyridine rings is 1. The molecule has 0 aromatic carbocycles. The van der Waals surface area contributed by atoms with Crippen LogP contribution in [0, 0.1) is 0 Å². The smallest absolute Gasteiger partial charge is 0.348 e. The van der Waals surface area contributed by atoms with Gasteiger partial charge in [0.15, 0.2) is 0 Å². The monoisotopic (exact) mass is 467 g/mol. The van der Waals surface area contributed by atoms with Crippen LogP contribution < -0.4 is 10.6 Å². The maximum atomic E-state index is 13.0. The average molecular weight is 467 g/mol. The predicted molar refractivity (Wildman–Crippen MR) is 110 cm³/mol. The van der Waals surface area contributed by atoms with Gasteiger partial charge in [-0.25, -0.2) is 18.3 Å². The maximum absolute atomic E-state index is 13.0. The molecule has 1 amide bonds. The third-order valence-electron chi connectivity index (χ3n) is 4.90. The van der Waals surface area contributed by atoms with Crippen molar-refractivity contribution in [3.05, 3.63) is 42.5 Å². The molecule has 0 bridgehead atoms. The molecule has 1 unspecified atom stereocenters. The van der Waals surface area contributed by atoms with E-state index in [1.807, 2.05) is 5.32 Å². The molecule has 33 heavy (non-hydrogen) atoms. The fraction of sp³-hybridized carbons (Fsp3) is 0.300. The highest BCUT2D eigenvalue weighted by Gasteiger charge is 2.37. The Labute approximate surface area is 183 Å². The summed E-state index contributed by atoms with van der Waals surface area (Å²) in [5.74, 6) is -3.80. The molecule has 13 heteroatoms. The number of anilines is 1. The van der Waals surface area contributed by atoms with Gasteiger partial charge in [0.2, 0.25) is 5.95 Å². The Hall–Kier alpha value is -3.77. The van der Waals surface area contributed by atoms with Gasteiger partial charge in [0, 0.05) is 36.5 Å². The first-order chi connectivity index (χ1) is 15.4. The van der Waals surface area contributed by atoms with E-state index in [1.54, 1.807) is 24.5 Å². The minimum Gasteiger partial charge on any atom is -0.348 e. The topological polar surface area (TPSA) is 100 Å². The zero-order chi connectivity index (χ0) is 24.0. The third-order valence-corrected chi connectivity index (χ3v) is 4.90. The normalized spacial score (nSPS) is 13.4. The van der Waals surface area contributed by atoms with E-state index in [1.165, 1.54) is 16.9 Å². The summed E-state index contributed by atoms with van der Waals surface area (Å²) in [6.45, 7) is 1.00. The molecule has 1 atom stereocenters. The first kappa shape index (κ1) is 22.4. The lowest BCUT2D eigenvalue weighted by Crippen LogP contribution is -2.43. The molecular weight excluding hydrogens is 449 g/mol. The lowest BCUT2D eigenvalue weighted by Gasteiger charge is -2.16. The van der Waals surface area contributed by atoms with Crippen LogP contribution in [0.3, 0.4) is 0 Å². The highest BCUT2D eigenvalue weighted by molar-refractivity contribution is 6.02. The van der Waals surface area contributed by atoms with Gasteiger partial charge in [0.05, 0.1) is 23.8 Å². The van der Waals surface area contributed by atoms with E-state index in [2.05, 4.69) is 25.4 Å². The lowest BCUT2D eigenvalue weighted by atomic mass is 10.1. The third kappa shape index (κ3) is 4.71. The maximum Gasteiger partial charge on any atom is 0.408 e. The summed E-state index contributed by atoms with van der Waals surface area (Å²) in [5.41, 5.74) is 1.95. The molecule has 0 saturated carbocycles. The van der Waals surface area contributed by atoms with Gasteiger partial charge in [0.25, 0.3) is 11.8 Å². The van der Waals surface area contributed by atoms with Crippen molar-refractivity contribution in [3.8, 4) is 11.1 Å². The van der Waals surface area contributed by atoms with Gasteiger partial charge in [-0.05, 0) is 24.6 Å². The summed E-state index contributed by atoms with van der Waals surface area (Å²) in [7, 11) is 0. The van der Waals surface area contributed by atoms with Gasteiger partial charge in [-0.3, -0.25) is 4.79 Å². The van der Waals surface area contributed by atoms with Gasteiger partial charge in [-0.15, -0.1) is 0 Å². The van der Waals surface area contributed by atoms with Gasteiger partial charge < -0.3 is 15.6 Å². The van der Waals surface area contributed by atoms with Crippen molar-refractivity contribution >= 4 is 28.4 Å². The molecule has 4 aromatic heterocycles. The van der Waals surface area contributed by atoms with Crippen molar-refractivity contribution in [2.45, 2.75) is 32.0 Å². The van der Waals surface area contributed by atoms with Crippen LogP contribution in [0.1, 0.15) is 24.2 Å². The Morgan fingerprint density at radius 1 is 1.24 bits per heavy atom. The molecule has 4 aromatic rings. The van der Waals surface area contributed by atoms with Crippen LogP contribution in [0.2, 0.25) is 0 Å². The minimum absolute atomic E-state index is 0.0176. The molecule has 0 radical (unpaired) electrons. The van der Waals surface area contributed by atoms with Crippen molar-refractivity contribution < 1.29 is 26.7 Å². The van der Waals surface area contributed by atoms with Crippen LogP contribution in [-0.2, 0) is 0 Å². The number of hydrogen-bond acceptors (Lipinski definition) is 5. The Kier molecular flexibility index (Phi) is 5.42. The van der Waals surface area contributed by atoms with E-state index >= 15 is 0 Å². The number of aromatic nitrogens is 5. The Morgan fingerprint density at radius 3 is 2.70 bits per heavy atom. The summed E-state index contributed by atoms with van der Waals surface area (Å²) in [5, 5.41) is 8.99. The van der Waals surface area contributed by atoms with Crippen molar-refractivity contribution in [1.29, 1.82) is 0 Å². The number of carbonyl (C=O) groups is 1. The second-order valence-corrected chi connectivity index (χ2v) is 7.62. The first-order valence-corrected chi connectivity index (χ1v) is 9.73. The predicted octanol–water partition coefficient (Wildman–Crippen LogP) is 4.02. The van der Waals surface area contributed by atoms with E-state index < -0.39 is 30.6 Å². The molecular formula is C20H18F5N7O. The summed E-state index contributed by atoms with van der Waals surface area (Å²) >= 11 is 0. The van der Waals surface area contributed by atoms with E-state index in [0.29, 0.717) is 27.7 Å². The first-order valence-electron chi connectivity index (χ1n) is 9.73. The number of amides is 1. The second kappa shape index (κ2) is 7.98. The van der Waals surface area contributed by atoms with Crippen LogP contribution in [0.25, 0.3) is 27.7 Å². The number of nitrogens with zero attached hydrogens (tertiary/aromatic N) is 4. The molecule has 0 fully saturated rings. The summed E-state index contributed by atoms with van der Waals surface area (Å²) in [4.78, 5) is 23.6. The minimum atomic E-state index is -4.57. The Morgan fingerprint density at radius 2 is 2.00 bits per heavy atom. The summed E-state index contributed by atoms with van der Waals surface area (Å²) in [6, 6.07) is 1.28. The molecule has 0 aliphatic carbocycles. The summed E-state index contributed by atoms with van der Waals surface area (Å²) in [6.07, 6.45) is 1.27. The number of hydrogen-bond donors (Lipinski definition) is 3. The molecule has 8 nitrogen and oxygen atoms in total. The van der Waals surface area contributed by atoms with E-state index in [4.69, 9.17) is 0 Å². The molecule has 0 aliphatic rings. The average Bonchev–Trinajstić information content (AvgIpc) is 3.34. The zero-order valence-electron chi connectivity index (χ0n) is 17.3. The number of alkyl halides is 5. The fourth-order valence-electron chi connectivity index (χ4n) is 3.14. The molecule has 4 heterocycles. The van der Waals surface area contributed by atoms with Crippen molar-refractivity contribution in [2.24, 2.45) is 0 Å². The standard InChI is InChI=1S/C20H18F5N7O/c1-10(20(23,24)25)30-17(33)14-8-29-32-4-3-11(5-15(14)32)12-6-26-16-13(12)7-27-18(31-16)28-9-19(2,21)22/h3-8,10H,9H2,1-2H3,(H,30,33)(H2,26,27,28,31). The van der Waals surface area contributed by atoms with Crippen molar-refractivity contribution in [3.63, 3.8) is 0 Å². The fourth-order valence-corrected chi connectivity index (χ4v) is 3.14. The number of H-pyrrole nitrogens is 1. The van der Waals surface area contributed by atoms with Crippen molar-refractivity contribution in [2.75, 3.05) is 11.9 Å². The largest absolute Gasteiger partial charge is 0.408 e. The highest BCUT2D eigenvalue weighted by atomic mass is 19.4. The van der Waals surface area contributed by atoms with Crippen molar-refractivity contribution in [1.82, 2.24) is 29.9 Å². The van der Waals surface area contributed by atoms with Crippen LogP contribution in [0.4, 0.5) is 27.9 Å².